The van der Waals surface area contributed by atoms with E-state index < -0.39 is 0 Å². The zero-order chi connectivity index (χ0) is 12.3. The minimum Gasteiger partial charge on any atom is -0.485 e. The Morgan fingerprint density at radius 1 is 1.41 bits per heavy atom. The highest BCUT2D eigenvalue weighted by molar-refractivity contribution is 5.35. The van der Waals surface area contributed by atoms with Gasteiger partial charge in [0.25, 0.3) is 0 Å². The molecule has 2 aromatic rings. The second-order valence-electron chi connectivity index (χ2n) is 3.97. The van der Waals surface area contributed by atoms with Crippen molar-refractivity contribution < 1.29 is 4.74 Å². The highest BCUT2D eigenvalue weighted by atomic mass is 16.5. The van der Waals surface area contributed by atoms with Crippen LogP contribution in [0.3, 0.4) is 0 Å². The van der Waals surface area contributed by atoms with Gasteiger partial charge < -0.3 is 15.0 Å². The number of para-hydroxylation sites is 1. The number of hydrogen-bond acceptors (Lipinski definition) is 4. The Hall–Kier alpha value is -1.88. The molecule has 1 aromatic carbocycles. The van der Waals surface area contributed by atoms with Crippen molar-refractivity contribution in [2.24, 2.45) is 12.8 Å². The molecule has 1 aromatic heterocycles. The summed E-state index contributed by atoms with van der Waals surface area (Å²) in [4.78, 5) is 0. The molecule has 0 saturated carbocycles. The molecular formula is C12H16N4O. The van der Waals surface area contributed by atoms with Gasteiger partial charge in [0, 0.05) is 18.7 Å². The molecule has 1 heterocycles. The Kier molecular flexibility index (Phi) is 3.39. The third kappa shape index (κ3) is 2.62. The molecule has 17 heavy (non-hydrogen) atoms. The highest BCUT2D eigenvalue weighted by Gasteiger charge is 2.08. The van der Waals surface area contributed by atoms with Crippen LogP contribution in [-0.2, 0) is 13.7 Å². The van der Waals surface area contributed by atoms with Crippen LogP contribution in [0, 0.1) is 0 Å². The Morgan fingerprint density at radius 2 is 2.18 bits per heavy atom. The number of benzene rings is 1. The molecule has 0 fully saturated rings. The van der Waals surface area contributed by atoms with Crippen LogP contribution in [0.2, 0.25) is 0 Å². The largest absolute Gasteiger partial charge is 0.485 e. The van der Waals surface area contributed by atoms with Crippen LogP contribution in [0.15, 0.2) is 30.6 Å². The smallest absolute Gasteiger partial charge is 0.170 e. The molecule has 0 amide bonds. The Morgan fingerprint density at radius 3 is 2.82 bits per heavy atom. The first kappa shape index (κ1) is 11.6. The van der Waals surface area contributed by atoms with Gasteiger partial charge in [0.05, 0.1) is 0 Å². The summed E-state index contributed by atoms with van der Waals surface area (Å²) in [5.74, 6) is 1.58. The number of aryl methyl sites for hydroxylation is 1. The zero-order valence-electron chi connectivity index (χ0n) is 10.00. The molecule has 1 atom stereocenters. The van der Waals surface area contributed by atoms with Gasteiger partial charge in [0.2, 0.25) is 0 Å². The summed E-state index contributed by atoms with van der Waals surface area (Å²) in [6, 6.07) is 7.71. The Bertz CT molecular complexity index is 493. The second-order valence-corrected chi connectivity index (χ2v) is 3.97. The third-order valence-electron chi connectivity index (χ3n) is 2.57. The van der Waals surface area contributed by atoms with Crippen LogP contribution in [0.4, 0.5) is 0 Å². The van der Waals surface area contributed by atoms with Crippen LogP contribution in [0.1, 0.15) is 24.4 Å². The van der Waals surface area contributed by atoms with E-state index in [9.17, 15) is 0 Å². The summed E-state index contributed by atoms with van der Waals surface area (Å²) in [5, 5.41) is 7.76. The molecule has 1 unspecified atom stereocenters. The number of rotatable bonds is 4. The summed E-state index contributed by atoms with van der Waals surface area (Å²) in [5.41, 5.74) is 6.88. The number of aromatic nitrogens is 3. The van der Waals surface area contributed by atoms with Gasteiger partial charge in [-0.3, -0.25) is 0 Å². The first-order valence-corrected chi connectivity index (χ1v) is 5.48. The van der Waals surface area contributed by atoms with E-state index in [0.717, 1.165) is 17.1 Å². The van der Waals surface area contributed by atoms with E-state index in [1.807, 2.05) is 42.8 Å². The van der Waals surface area contributed by atoms with Gasteiger partial charge in [-0.1, -0.05) is 18.2 Å². The lowest BCUT2D eigenvalue weighted by Crippen LogP contribution is -2.09. The summed E-state index contributed by atoms with van der Waals surface area (Å²) >= 11 is 0. The van der Waals surface area contributed by atoms with Crippen LogP contribution in [0.25, 0.3) is 0 Å². The van der Waals surface area contributed by atoms with Gasteiger partial charge in [-0.25, -0.2) is 0 Å². The van der Waals surface area contributed by atoms with E-state index in [-0.39, 0.29) is 6.04 Å². The lowest BCUT2D eigenvalue weighted by molar-refractivity contribution is 0.287. The Balaban J connectivity index is 2.11. The molecule has 0 radical (unpaired) electrons. The summed E-state index contributed by atoms with van der Waals surface area (Å²) in [6.45, 7) is 2.32. The minimum atomic E-state index is -0.0503. The van der Waals surface area contributed by atoms with E-state index >= 15 is 0 Å². The lowest BCUT2D eigenvalue weighted by atomic mass is 10.1. The average molecular weight is 232 g/mol. The van der Waals surface area contributed by atoms with Crippen LogP contribution < -0.4 is 10.5 Å². The first-order chi connectivity index (χ1) is 8.18. The van der Waals surface area contributed by atoms with Gasteiger partial charge in [0.1, 0.15) is 18.7 Å². The molecule has 5 heteroatoms. The molecule has 0 spiro atoms. The molecule has 0 aliphatic rings. The monoisotopic (exact) mass is 232 g/mol. The quantitative estimate of drug-likeness (QED) is 0.865. The normalized spacial score (nSPS) is 12.4. The van der Waals surface area contributed by atoms with Crippen LogP contribution >= 0.6 is 0 Å². The molecule has 2 N–H and O–H groups in total. The molecule has 2 rings (SSSR count). The maximum atomic E-state index is 5.88. The molecule has 90 valence electrons. The van der Waals surface area contributed by atoms with Crippen molar-refractivity contribution in [3.8, 4) is 5.75 Å². The standard InChI is InChI=1S/C12H16N4O/c1-9(13)10-5-3-4-6-11(10)17-7-12-15-14-8-16(12)2/h3-6,8-9H,7,13H2,1-2H3. The van der Waals surface area contributed by atoms with E-state index in [1.165, 1.54) is 0 Å². The van der Waals surface area contributed by atoms with Gasteiger partial charge in [-0.2, -0.15) is 0 Å². The summed E-state index contributed by atoms with van der Waals surface area (Å²) < 4.78 is 7.55. The lowest BCUT2D eigenvalue weighted by Gasteiger charge is -2.13. The Labute approximate surface area is 100 Å². The fraction of sp³-hybridized carbons (Fsp3) is 0.333. The van der Waals surface area contributed by atoms with Gasteiger partial charge in [0.15, 0.2) is 5.82 Å². The maximum Gasteiger partial charge on any atom is 0.170 e. The van der Waals surface area contributed by atoms with Crippen molar-refractivity contribution in [3.63, 3.8) is 0 Å². The highest BCUT2D eigenvalue weighted by Crippen LogP contribution is 2.23. The molecule has 0 aliphatic carbocycles. The van der Waals surface area contributed by atoms with Crippen LogP contribution in [-0.4, -0.2) is 14.8 Å². The van der Waals surface area contributed by atoms with Crippen molar-refractivity contribution in [2.45, 2.75) is 19.6 Å². The number of ether oxygens (including phenoxy) is 1. The molecule has 0 bridgehead atoms. The predicted octanol–water partition coefficient (Wildman–Crippen LogP) is 1.41. The zero-order valence-corrected chi connectivity index (χ0v) is 10.00. The van der Waals surface area contributed by atoms with E-state index in [0.29, 0.717) is 6.61 Å². The minimum absolute atomic E-state index is 0.0503. The SMILES string of the molecule is CC(N)c1ccccc1OCc1nncn1C. The van der Waals surface area contributed by atoms with E-state index in [1.54, 1.807) is 6.33 Å². The van der Waals surface area contributed by atoms with E-state index in [2.05, 4.69) is 10.2 Å². The van der Waals surface area contributed by atoms with Gasteiger partial charge in [-0.05, 0) is 13.0 Å². The fourth-order valence-corrected chi connectivity index (χ4v) is 1.57. The summed E-state index contributed by atoms with van der Waals surface area (Å²) in [7, 11) is 1.89. The van der Waals surface area contributed by atoms with Gasteiger partial charge >= 0.3 is 0 Å². The molecular weight excluding hydrogens is 216 g/mol. The predicted molar refractivity (Wildman–Crippen MR) is 64.4 cm³/mol. The number of nitrogens with zero attached hydrogens (tertiary/aromatic N) is 3. The summed E-state index contributed by atoms with van der Waals surface area (Å²) in [6.07, 6.45) is 1.65. The van der Waals surface area contributed by atoms with Crippen molar-refractivity contribution in [2.75, 3.05) is 0 Å². The topological polar surface area (TPSA) is 66.0 Å². The van der Waals surface area contributed by atoms with Crippen molar-refractivity contribution in [3.05, 3.63) is 42.0 Å². The first-order valence-electron chi connectivity index (χ1n) is 5.48. The van der Waals surface area contributed by atoms with Crippen molar-refractivity contribution in [1.82, 2.24) is 14.8 Å². The van der Waals surface area contributed by atoms with Gasteiger partial charge in [-0.15, -0.1) is 10.2 Å². The van der Waals surface area contributed by atoms with Crippen LogP contribution in [0.5, 0.6) is 5.75 Å². The maximum absolute atomic E-state index is 5.88. The third-order valence-corrected chi connectivity index (χ3v) is 2.57. The van der Waals surface area contributed by atoms with Crippen molar-refractivity contribution in [1.29, 1.82) is 0 Å². The second kappa shape index (κ2) is 4.97. The number of hydrogen-bond donors (Lipinski definition) is 1. The number of nitrogens with two attached hydrogens (primary N) is 1. The van der Waals surface area contributed by atoms with Crippen molar-refractivity contribution >= 4 is 0 Å². The molecule has 0 aliphatic heterocycles. The molecule has 5 nitrogen and oxygen atoms in total. The fourth-order valence-electron chi connectivity index (χ4n) is 1.57. The van der Waals surface area contributed by atoms with E-state index in [4.69, 9.17) is 10.5 Å². The molecule has 0 saturated heterocycles. The average Bonchev–Trinajstić information content (AvgIpc) is 2.72.